The molecule has 1 saturated heterocycles. The molecule has 2 aromatic rings. The second-order valence-corrected chi connectivity index (χ2v) is 6.81. The Kier molecular flexibility index (Phi) is 3.81. The molecule has 0 spiro atoms. The van der Waals surface area contributed by atoms with Crippen molar-refractivity contribution in [3.05, 3.63) is 35.7 Å². The number of rotatable bonds is 2. The molecule has 1 aromatic carbocycles. The molecule has 2 heterocycles. The molecule has 1 N–H and O–H groups in total. The van der Waals surface area contributed by atoms with Crippen molar-refractivity contribution in [3.63, 3.8) is 0 Å². The summed E-state index contributed by atoms with van der Waals surface area (Å²) in [4.78, 5) is 4.59. The number of piperidine rings is 1. The molecule has 3 rings (SSSR count). The largest absolute Gasteiger partial charge is 0.339 e. The fraction of sp³-hybridized carbons (Fsp3) is 0.529. The maximum Gasteiger partial charge on any atom is 0.230 e. The minimum absolute atomic E-state index is 0.163. The van der Waals surface area contributed by atoms with Gasteiger partial charge in [-0.1, -0.05) is 50.2 Å². The normalized spacial score (nSPS) is 17.1. The van der Waals surface area contributed by atoms with Crippen molar-refractivity contribution in [3.8, 4) is 11.4 Å². The Morgan fingerprint density at radius 3 is 2.38 bits per heavy atom. The number of benzene rings is 1. The Balaban J connectivity index is 1.79. The van der Waals surface area contributed by atoms with E-state index in [0.717, 1.165) is 37.4 Å². The molecule has 1 aromatic heterocycles. The van der Waals surface area contributed by atoms with Gasteiger partial charge in [-0.05, 0) is 36.9 Å². The van der Waals surface area contributed by atoms with Gasteiger partial charge in [-0.2, -0.15) is 4.98 Å². The molecular weight excluding hydrogens is 262 g/mol. The summed E-state index contributed by atoms with van der Waals surface area (Å²) in [7, 11) is 0. The van der Waals surface area contributed by atoms with Crippen molar-refractivity contribution in [1.82, 2.24) is 15.5 Å². The molecule has 0 atom stereocenters. The second kappa shape index (κ2) is 5.60. The van der Waals surface area contributed by atoms with Gasteiger partial charge in [-0.25, -0.2) is 0 Å². The average Bonchev–Trinajstić information content (AvgIpc) is 2.97. The zero-order chi connectivity index (χ0) is 14.9. The highest BCUT2D eigenvalue weighted by molar-refractivity contribution is 5.55. The van der Waals surface area contributed by atoms with E-state index in [9.17, 15) is 0 Å². The first kappa shape index (κ1) is 14.3. The van der Waals surface area contributed by atoms with E-state index < -0.39 is 0 Å². The minimum atomic E-state index is 0.163. The lowest BCUT2D eigenvalue weighted by molar-refractivity contribution is 0.320. The number of hydrogen-bond donors (Lipinski definition) is 1. The molecule has 0 unspecified atom stereocenters. The van der Waals surface area contributed by atoms with Crippen molar-refractivity contribution in [2.24, 2.45) is 0 Å². The van der Waals surface area contributed by atoms with E-state index in [2.05, 4.69) is 60.5 Å². The fourth-order valence-electron chi connectivity index (χ4n) is 2.71. The molecule has 112 valence electrons. The summed E-state index contributed by atoms with van der Waals surface area (Å²) in [5.74, 6) is 1.89. The number of hydrogen-bond acceptors (Lipinski definition) is 4. The topological polar surface area (TPSA) is 51.0 Å². The SMILES string of the molecule is CC(C)(C)c1ccc(-c2noc(C3CCNCC3)n2)cc1. The molecular formula is C17H23N3O. The van der Waals surface area contributed by atoms with Gasteiger partial charge in [-0.3, -0.25) is 0 Å². The molecule has 0 amide bonds. The smallest absolute Gasteiger partial charge is 0.230 e. The van der Waals surface area contributed by atoms with Crippen LogP contribution in [0.5, 0.6) is 0 Å². The van der Waals surface area contributed by atoms with Crippen molar-refractivity contribution in [2.75, 3.05) is 13.1 Å². The molecule has 1 aliphatic rings. The van der Waals surface area contributed by atoms with Crippen molar-refractivity contribution in [2.45, 2.75) is 44.9 Å². The van der Waals surface area contributed by atoms with Gasteiger partial charge >= 0.3 is 0 Å². The first-order valence-electron chi connectivity index (χ1n) is 7.69. The third-order valence-electron chi connectivity index (χ3n) is 4.14. The molecule has 0 bridgehead atoms. The zero-order valence-corrected chi connectivity index (χ0v) is 13.0. The molecule has 4 nitrogen and oxygen atoms in total. The summed E-state index contributed by atoms with van der Waals surface area (Å²) in [5.41, 5.74) is 2.50. The molecule has 0 saturated carbocycles. The van der Waals surface area contributed by atoms with E-state index in [1.165, 1.54) is 5.56 Å². The van der Waals surface area contributed by atoms with Crippen LogP contribution < -0.4 is 5.32 Å². The van der Waals surface area contributed by atoms with Gasteiger partial charge in [0.2, 0.25) is 11.7 Å². The maximum absolute atomic E-state index is 5.47. The monoisotopic (exact) mass is 285 g/mol. The first-order valence-corrected chi connectivity index (χ1v) is 7.69. The van der Waals surface area contributed by atoms with E-state index >= 15 is 0 Å². The Labute approximate surface area is 126 Å². The van der Waals surface area contributed by atoms with Crippen molar-refractivity contribution < 1.29 is 4.52 Å². The average molecular weight is 285 g/mol. The van der Waals surface area contributed by atoms with Crippen LogP contribution in [-0.4, -0.2) is 23.2 Å². The van der Waals surface area contributed by atoms with Crippen LogP contribution in [0.15, 0.2) is 28.8 Å². The fourth-order valence-corrected chi connectivity index (χ4v) is 2.71. The number of aromatic nitrogens is 2. The summed E-state index contributed by atoms with van der Waals surface area (Å²) in [6.45, 7) is 8.70. The van der Waals surface area contributed by atoms with E-state index in [1.54, 1.807) is 0 Å². The van der Waals surface area contributed by atoms with Crippen LogP contribution in [0.2, 0.25) is 0 Å². The van der Waals surface area contributed by atoms with Crippen LogP contribution in [0.1, 0.15) is 51.0 Å². The second-order valence-electron chi connectivity index (χ2n) is 6.81. The van der Waals surface area contributed by atoms with Crippen LogP contribution in [0.3, 0.4) is 0 Å². The Bertz CT molecular complexity index is 589. The zero-order valence-electron chi connectivity index (χ0n) is 13.0. The predicted octanol–water partition coefficient (Wildman–Crippen LogP) is 3.50. The Morgan fingerprint density at radius 1 is 1.10 bits per heavy atom. The Hall–Kier alpha value is -1.68. The van der Waals surface area contributed by atoms with Crippen LogP contribution >= 0.6 is 0 Å². The van der Waals surface area contributed by atoms with Crippen LogP contribution in [0.25, 0.3) is 11.4 Å². The van der Waals surface area contributed by atoms with E-state index in [-0.39, 0.29) is 5.41 Å². The molecule has 0 radical (unpaired) electrons. The molecule has 21 heavy (non-hydrogen) atoms. The minimum Gasteiger partial charge on any atom is -0.339 e. The van der Waals surface area contributed by atoms with Gasteiger partial charge in [0, 0.05) is 11.5 Å². The Morgan fingerprint density at radius 2 is 1.76 bits per heavy atom. The third-order valence-corrected chi connectivity index (χ3v) is 4.14. The molecule has 4 heteroatoms. The lowest BCUT2D eigenvalue weighted by Crippen LogP contribution is -2.26. The highest BCUT2D eigenvalue weighted by atomic mass is 16.5. The highest BCUT2D eigenvalue weighted by Gasteiger charge is 2.22. The summed E-state index contributed by atoms with van der Waals surface area (Å²) < 4.78 is 5.47. The maximum atomic E-state index is 5.47. The van der Waals surface area contributed by atoms with Crippen molar-refractivity contribution in [1.29, 1.82) is 0 Å². The van der Waals surface area contributed by atoms with E-state index in [1.807, 2.05) is 0 Å². The summed E-state index contributed by atoms with van der Waals surface area (Å²) in [6, 6.07) is 8.46. The standard InChI is InChI=1S/C17H23N3O/c1-17(2,3)14-6-4-12(5-7-14)15-19-16(21-20-15)13-8-10-18-11-9-13/h4-7,13,18H,8-11H2,1-3H3. The van der Waals surface area contributed by atoms with Crippen LogP contribution in [0.4, 0.5) is 0 Å². The number of nitrogens with zero attached hydrogens (tertiary/aromatic N) is 2. The van der Waals surface area contributed by atoms with Gasteiger partial charge in [0.25, 0.3) is 0 Å². The third kappa shape index (κ3) is 3.16. The van der Waals surface area contributed by atoms with Crippen LogP contribution in [-0.2, 0) is 5.41 Å². The van der Waals surface area contributed by atoms with Crippen molar-refractivity contribution >= 4 is 0 Å². The quantitative estimate of drug-likeness (QED) is 0.917. The van der Waals surface area contributed by atoms with E-state index in [0.29, 0.717) is 11.7 Å². The summed E-state index contributed by atoms with van der Waals surface area (Å²) in [6.07, 6.45) is 2.15. The first-order chi connectivity index (χ1) is 10.0. The van der Waals surface area contributed by atoms with Gasteiger partial charge in [0.15, 0.2) is 0 Å². The van der Waals surface area contributed by atoms with Gasteiger partial charge in [0.05, 0.1) is 0 Å². The molecule has 1 aliphatic heterocycles. The summed E-state index contributed by atoms with van der Waals surface area (Å²) in [5, 5.41) is 7.50. The van der Waals surface area contributed by atoms with Gasteiger partial charge in [-0.15, -0.1) is 0 Å². The molecule has 0 aliphatic carbocycles. The van der Waals surface area contributed by atoms with Gasteiger partial charge in [0.1, 0.15) is 0 Å². The number of nitrogens with one attached hydrogen (secondary N) is 1. The highest BCUT2D eigenvalue weighted by Crippen LogP contribution is 2.28. The molecule has 1 fully saturated rings. The predicted molar refractivity (Wildman–Crippen MR) is 83.3 cm³/mol. The van der Waals surface area contributed by atoms with E-state index in [4.69, 9.17) is 4.52 Å². The summed E-state index contributed by atoms with van der Waals surface area (Å²) >= 11 is 0. The lowest BCUT2D eigenvalue weighted by Gasteiger charge is -2.19. The lowest BCUT2D eigenvalue weighted by atomic mass is 9.87. The van der Waals surface area contributed by atoms with Gasteiger partial charge < -0.3 is 9.84 Å². The van der Waals surface area contributed by atoms with Crippen LogP contribution in [0, 0.1) is 0 Å².